The van der Waals surface area contributed by atoms with Crippen LogP contribution in [0.4, 0.5) is 0 Å². The van der Waals surface area contributed by atoms with E-state index in [0.29, 0.717) is 12.2 Å². The average Bonchev–Trinajstić information content (AvgIpc) is 2.38. The van der Waals surface area contributed by atoms with Gasteiger partial charge in [0.2, 0.25) is 0 Å². The molecule has 0 unspecified atom stereocenters. The summed E-state index contributed by atoms with van der Waals surface area (Å²) in [7, 11) is 1.36. The Morgan fingerprint density at radius 3 is 2.47 bits per heavy atom. The molecule has 1 aromatic carbocycles. The number of aliphatic hydroxyl groups is 1. The van der Waals surface area contributed by atoms with Crippen molar-refractivity contribution in [2.45, 2.75) is 19.3 Å². The summed E-state index contributed by atoms with van der Waals surface area (Å²) in [4.78, 5) is 11.2. The Hall–Kier alpha value is -1.55. The molecular weight excluding hydrogens is 220 g/mol. The van der Waals surface area contributed by atoms with Gasteiger partial charge < -0.3 is 14.6 Å². The van der Waals surface area contributed by atoms with Crippen molar-refractivity contribution in [2.75, 3.05) is 20.3 Å². The molecule has 0 heterocycles. The first-order valence-electron chi connectivity index (χ1n) is 5.70. The summed E-state index contributed by atoms with van der Waals surface area (Å²) in [5.74, 6) is 0.390. The molecule has 0 fully saturated rings. The molecule has 1 N–H and O–H groups in total. The Balaban J connectivity index is 2.33. The van der Waals surface area contributed by atoms with Crippen LogP contribution >= 0.6 is 0 Å². The highest BCUT2D eigenvalue weighted by Gasteiger charge is 2.04. The van der Waals surface area contributed by atoms with Crippen LogP contribution in [0.15, 0.2) is 24.3 Å². The van der Waals surface area contributed by atoms with E-state index >= 15 is 0 Å². The lowest BCUT2D eigenvalue weighted by Crippen LogP contribution is -2.01. The number of aliphatic hydroxyl groups excluding tert-OH is 1. The third-order valence-corrected chi connectivity index (χ3v) is 2.35. The van der Waals surface area contributed by atoms with E-state index in [2.05, 4.69) is 4.74 Å². The maximum Gasteiger partial charge on any atom is 0.337 e. The van der Waals surface area contributed by atoms with Crippen LogP contribution in [0.5, 0.6) is 5.75 Å². The van der Waals surface area contributed by atoms with E-state index < -0.39 is 0 Å². The van der Waals surface area contributed by atoms with Crippen molar-refractivity contribution in [1.82, 2.24) is 0 Å². The first-order valence-corrected chi connectivity index (χ1v) is 5.70. The predicted molar refractivity (Wildman–Crippen MR) is 64.2 cm³/mol. The number of hydrogen-bond donors (Lipinski definition) is 1. The Bertz CT molecular complexity index is 332. The van der Waals surface area contributed by atoms with Gasteiger partial charge in [0.1, 0.15) is 5.75 Å². The minimum Gasteiger partial charge on any atom is -0.494 e. The number of rotatable bonds is 7. The quantitative estimate of drug-likeness (QED) is 0.583. The van der Waals surface area contributed by atoms with Crippen molar-refractivity contribution in [3.63, 3.8) is 0 Å². The average molecular weight is 238 g/mol. The highest BCUT2D eigenvalue weighted by molar-refractivity contribution is 5.89. The van der Waals surface area contributed by atoms with E-state index in [1.165, 1.54) is 7.11 Å². The monoisotopic (exact) mass is 238 g/mol. The number of esters is 1. The van der Waals surface area contributed by atoms with Crippen molar-refractivity contribution >= 4 is 5.97 Å². The maximum atomic E-state index is 11.2. The first kappa shape index (κ1) is 13.5. The van der Waals surface area contributed by atoms with Crippen molar-refractivity contribution in [3.05, 3.63) is 29.8 Å². The van der Waals surface area contributed by atoms with Gasteiger partial charge in [-0.05, 0) is 43.5 Å². The second-order valence-electron chi connectivity index (χ2n) is 3.65. The SMILES string of the molecule is COC(=O)c1ccc(OCCCCCO)cc1. The van der Waals surface area contributed by atoms with Gasteiger partial charge >= 0.3 is 5.97 Å². The molecule has 0 aliphatic carbocycles. The van der Waals surface area contributed by atoms with E-state index in [4.69, 9.17) is 9.84 Å². The van der Waals surface area contributed by atoms with Crippen molar-refractivity contribution < 1.29 is 19.4 Å². The maximum absolute atomic E-state index is 11.2. The van der Waals surface area contributed by atoms with E-state index in [9.17, 15) is 4.79 Å². The molecule has 0 saturated carbocycles. The molecule has 4 heteroatoms. The molecule has 0 bridgehead atoms. The molecule has 4 nitrogen and oxygen atoms in total. The van der Waals surface area contributed by atoms with Crippen molar-refractivity contribution in [1.29, 1.82) is 0 Å². The molecule has 0 aliphatic rings. The third-order valence-electron chi connectivity index (χ3n) is 2.35. The molecule has 94 valence electrons. The molecule has 0 saturated heterocycles. The summed E-state index contributed by atoms with van der Waals surface area (Å²) in [5, 5.41) is 8.60. The summed E-state index contributed by atoms with van der Waals surface area (Å²) < 4.78 is 10.1. The lowest BCUT2D eigenvalue weighted by molar-refractivity contribution is 0.0600. The molecule has 0 radical (unpaired) electrons. The predicted octanol–water partition coefficient (Wildman–Crippen LogP) is 2.01. The number of benzene rings is 1. The normalized spacial score (nSPS) is 10.0. The molecule has 1 rings (SSSR count). The van der Waals surface area contributed by atoms with Crippen LogP contribution in [0, 0.1) is 0 Å². The van der Waals surface area contributed by atoms with Gasteiger partial charge in [-0.2, -0.15) is 0 Å². The molecule has 0 atom stereocenters. The van der Waals surface area contributed by atoms with Crippen LogP contribution in [0.25, 0.3) is 0 Å². The van der Waals surface area contributed by atoms with E-state index in [-0.39, 0.29) is 12.6 Å². The number of carbonyl (C=O) groups is 1. The summed E-state index contributed by atoms with van der Waals surface area (Å²) in [6.45, 7) is 0.853. The zero-order valence-corrected chi connectivity index (χ0v) is 10.0. The highest BCUT2D eigenvalue weighted by Crippen LogP contribution is 2.13. The molecule has 0 aromatic heterocycles. The molecule has 0 spiro atoms. The largest absolute Gasteiger partial charge is 0.494 e. The summed E-state index contributed by atoms with van der Waals surface area (Å²) in [6, 6.07) is 6.85. The van der Waals surface area contributed by atoms with Crippen LogP contribution in [0.3, 0.4) is 0 Å². The standard InChI is InChI=1S/C13H18O4/c1-16-13(15)11-5-7-12(8-6-11)17-10-4-2-3-9-14/h5-8,14H,2-4,9-10H2,1H3. The lowest BCUT2D eigenvalue weighted by atomic mass is 10.2. The number of hydrogen-bond acceptors (Lipinski definition) is 4. The van der Waals surface area contributed by atoms with E-state index in [1.807, 2.05) is 0 Å². The first-order chi connectivity index (χ1) is 8.27. The Morgan fingerprint density at radius 2 is 1.88 bits per heavy atom. The van der Waals surface area contributed by atoms with Crippen LogP contribution in [-0.2, 0) is 4.74 Å². The summed E-state index contributed by atoms with van der Waals surface area (Å²) >= 11 is 0. The minimum absolute atomic E-state index is 0.230. The van der Waals surface area contributed by atoms with Gasteiger partial charge in [-0.3, -0.25) is 0 Å². The molecule has 0 aliphatic heterocycles. The van der Waals surface area contributed by atoms with Gasteiger partial charge in [0.25, 0.3) is 0 Å². The number of carbonyl (C=O) groups excluding carboxylic acids is 1. The van der Waals surface area contributed by atoms with E-state index in [1.54, 1.807) is 24.3 Å². The van der Waals surface area contributed by atoms with Gasteiger partial charge in [0.15, 0.2) is 0 Å². The van der Waals surface area contributed by atoms with Crippen molar-refractivity contribution in [3.8, 4) is 5.75 Å². The molecule has 1 aromatic rings. The summed E-state index contributed by atoms with van der Waals surface area (Å²) in [5.41, 5.74) is 0.514. The van der Waals surface area contributed by atoms with Crippen LogP contribution < -0.4 is 4.74 Å². The van der Waals surface area contributed by atoms with Gasteiger partial charge in [-0.25, -0.2) is 4.79 Å². The fourth-order valence-corrected chi connectivity index (χ4v) is 1.39. The third kappa shape index (κ3) is 4.87. The van der Waals surface area contributed by atoms with Crippen LogP contribution in [-0.4, -0.2) is 31.4 Å². The zero-order chi connectivity index (χ0) is 12.5. The number of methoxy groups -OCH3 is 1. The number of unbranched alkanes of at least 4 members (excludes halogenated alkanes) is 2. The molecular formula is C13H18O4. The zero-order valence-electron chi connectivity index (χ0n) is 10.0. The van der Waals surface area contributed by atoms with E-state index in [0.717, 1.165) is 25.0 Å². The lowest BCUT2D eigenvalue weighted by Gasteiger charge is -2.06. The number of ether oxygens (including phenoxy) is 2. The Morgan fingerprint density at radius 1 is 1.18 bits per heavy atom. The van der Waals surface area contributed by atoms with Gasteiger partial charge in [-0.15, -0.1) is 0 Å². The fraction of sp³-hybridized carbons (Fsp3) is 0.462. The minimum atomic E-state index is -0.348. The second kappa shape index (κ2) is 7.68. The smallest absolute Gasteiger partial charge is 0.337 e. The Labute approximate surface area is 101 Å². The van der Waals surface area contributed by atoms with Gasteiger partial charge in [0, 0.05) is 6.61 Å². The molecule has 17 heavy (non-hydrogen) atoms. The van der Waals surface area contributed by atoms with Crippen LogP contribution in [0.2, 0.25) is 0 Å². The highest BCUT2D eigenvalue weighted by atomic mass is 16.5. The summed E-state index contributed by atoms with van der Waals surface area (Å²) in [6.07, 6.45) is 2.68. The topological polar surface area (TPSA) is 55.8 Å². The van der Waals surface area contributed by atoms with Gasteiger partial charge in [-0.1, -0.05) is 0 Å². The molecule has 0 amide bonds. The van der Waals surface area contributed by atoms with Crippen molar-refractivity contribution in [2.24, 2.45) is 0 Å². The Kier molecular flexibility index (Phi) is 6.10. The fourth-order valence-electron chi connectivity index (χ4n) is 1.39. The second-order valence-corrected chi connectivity index (χ2v) is 3.65. The van der Waals surface area contributed by atoms with Crippen LogP contribution in [0.1, 0.15) is 29.6 Å². The van der Waals surface area contributed by atoms with Gasteiger partial charge in [0.05, 0.1) is 19.3 Å².